The molecule has 0 radical (unpaired) electrons. The molecule has 0 spiro atoms. The van der Waals surface area contributed by atoms with Crippen LogP contribution in [0.5, 0.6) is 0 Å². The number of rotatable bonds is 2. The third-order valence-corrected chi connectivity index (χ3v) is 2.79. The van der Waals surface area contributed by atoms with Crippen molar-refractivity contribution in [2.45, 2.75) is 24.6 Å². The summed E-state index contributed by atoms with van der Waals surface area (Å²) >= 11 is 11.0. The summed E-state index contributed by atoms with van der Waals surface area (Å²) in [4.78, 5) is 12.8. The highest BCUT2D eigenvalue weighted by atomic mass is 35.5. The van der Waals surface area contributed by atoms with Crippen molar-refractivity contribution in [1.82, 2.24) is 10.2 Å². The molecular formula is C9H16Cl2N2O. The molecule has 82 valence electrons. The van der Waals surface area contributed by atoms with Gasteiger partial charge in [-0.05, 0) is 18.8 Å². The highest BCUT2D eigenvalue weighted by molar-refractivity contribution is 6.44. The quantitative estimate of drug-likeness (QED) is 0.736. The molecule has 0 aromatic heterocycles. The Hall–Kier alpha value is -0.150. The van der Waals surface area contributed by atoms with Crippen molar-refractivity contribution in [3.05, 3.63) is 0 Å². The number of piperidine rings is 1. The van der Waals surface area contributed by atoms with Crippen molar-refractivity contribution in [2.75, 3.05) is 19.6 Å². The fraction of sp³-hybridized carbons (Fsp3) is 0.889. The van der Waals surface area contributed by atoms with Gasteiger partial charge in [-0.15, -0.1) is 23.2 Å². The van der Waals surface area contributed by atoms with Crippen LogP contribution in [0, 0.1) is 5.92 Å². The normalized spacial score (nSPS) is 18.7. The van der Waals surface area contributed by atoms with Gasteiger partial charge in [-0.1, -0.05) is 6.92 Å². The van der Waals surface area contributed by atoms with Crippen LogP contribution >= 0.6 is 23.2 Å². The van der Waals surface area contributed by atoms with Gasteiger partial charge in [0.1, 0.15) is 4.84 Å². The fourth-order valence-electron chi connectivity index (χ4n) is 1.49. The molecule has 3 nitrogen and oxygen atoms in total. The highest BCUT2D eigenvalue weighted by Gasteiger charge is 2.19. The third-order valence-electron chi connectivity index (χ3n) is 2.48. The van der Waals surface area contributed by atoms with Crippen molar-refractivity contribution >= 4 is 29.2 Å². The van der Waals surface area contributed by atoms with E-state index in [1.807, 2.05) is 4.90 Å². The van der Waals surface area contributed by atoms with E-state index in [4.69, 9.17) is 23.2 Å². The molecule has 1 fully saturated rings. The third kappa shape index (κ3) is 3.93. The van der Waals surface area contributed by atoms with Gasteiger partial charge in [-0.3, -0.25) is 0 Å². The van der Waals surface area contributed by atoms with Gasteiger partial charge in [0.05, 0.1) is 0 Å². The Balaban J connectivity index is 2.24. The second-order valence-electron chi connectivity index (χ2n) is 3.75. The average molecular weight is 239 g/mol. The van der Waals surface area contributed by atoms with Crippen LogP contribution < -0.4 is 5.32 Å². The van der Waals surface area contributed by atoms with Gasteiger partial charge < -0.3 is 10.2 Å². The van der Waals surface area contributed by atoms with Crippen LogP contribution in [0.25, 0.3) is 0 Å². The molecule has 0 atom stereocenters. The summed E-state index contributed by atoms with van der Waals surface area (Å²) in [6.45, 7) is 4.20. The zero-order chi connectivity index (χ0) is 10.6. The molecule has 0 bridgehead atoms. The van der Waals surface area contributed by atoms with Crippen LogP contribution in [-0.2, 0) is 0 Å². The lowest BCUT2D eigenvalue weighted by atomic mass is 10.00. The van der Waals surface area contributed by atoms with E-state index >= 15 is 0 Å². The first-order valence-corrected chi connectivity index (χ1v) is 5.78. The molecule has 0 aliphatic carbocycles. The first kappa shape index (κ1) is 11.9. The van der Waals surface area contributed by atoms with Crippen molar-refractivity contribution < 1.29 is 4.79 Å². The minimum absolute atomic E-state index is 0.0526. The van der Waals surface area contributed by atoms with Gasteiger partial charge >= 0.3 is 6.03 Å². The summed E-state index contributed by atoms with van der Waals surface area (Å²) in [5.41, 5.74) is 0. The van der Waals surface area contributed by atoms with Gasteiger partial charge in [0, 0.05) is 19.6 Å². The van der Waals surface area contributed by atoms with Crippen molar-refractivity contribution in [3.8, 4) is 0 Å². The van der Waals surface area contributed by atoms with Gasteiger partial charge in [-0.25, -0.2) is 4.79 Å². The maximum Gasteiger partial charge on any atom is 0.317 e. The van der Waals surface area contributed by atoms with E-state index in [0.29, 0.717) is 6.54 Å². The molecule has 1 aliphatic heterocycles. The second kappa shape index (κ2) is 5.66. The van der Waals surface area contributed by atoms with Crippen LogP contribution in [0.2, 0.25) is 0 Å². The lowest BCUT2D eigenvalue weighted by molar-refractivity contribution is 0.174. The number of halogens is 2. The Morgan fingerprint density at radius 1 is 1.50 bits per heavy atom. The molecule has 0 aromatic rings. The van der Waals surface area contributed by atoms with E-state index in [2.05, 4.69) is 12.2 Å². The molecule has 1 N–H and O–H groups in total. The summed E-state index contributed by atoms with van der Waals surface area (Å²) in [5, 5.41) is 2.69. The molecule has 1 saturated heterocycles. The van der Waals surface area contributed by atoms with Gasteiger partial charge in [-0.2, -0.15) is 0 Å². The monoisotopic (exact) mass is 238 g/mol. The molecule has 0 aromatic carbocycles. The first-order chi connectivity index (χ1) is 6.59. The number of alkyl halides is 2. The summed E-state index contributed by atoms with van der Waals surface area (Å²) in [5.74, 6) is 0.729. The lowest BCUT2D eigenvalue weighted by Gasteiger charge is -2.30. The number of amides is 2. The van der Waals surface area contributed by atoms with E-state index in [0.717, 1.165) is 31.8 Å². The Morgan fingerprint density at radius 2 is 2.07 bits per heavy atom. The topological polar surface area (TPSA) is 32.3 Å². The average Bonchev–Trinajstić information content (AvgIpc) is 2.15. The number of nitrogens with one attached hydrogen (secondary N) is 1. The smallest absolute Gasteiger partial charge is 0.317 e. The van der Waals surface area contributed by atoms with Gasteiger partial charge in [0.15, 0.2) is 0 Å². The maximum atomic E-state index is 11.5. The predicted octanol–water partition coefficient (Wildman–Crippen LogP) is 2.23. The number of hydrogen-bond donors (Lipinski definition) is 1. The van der Waals surface area contributed by atoms with E-state index in [1.54, 1.807) is 0 Å². The van der Waals surface area contributed by atoms with Crippen LogP contribution in [0.4, 0.5) is 4.79 Å². The molecule has 1 rings (SSSR count). The van der Waals surface area contributed by atoms with Crippen LogP contribution in [0.1, 0.15) is 19.8 Å². The summed E-state index contributed by atoms with van der Waals surface area (Å²) in [6.07, 6.45) is 2.16. The number of urea groups is 1. The van der Waals surface area contributed by atoms with E-state index in [1.165, 1.54) is 0 Å². The largest absolute Gasteiger partial charge is 0.335 e. The Kier molecular flexibility index (Phi) is 4.82. The predicted molar refractivity (Wildman–Crippen MR) is 58.9 cm³/mol. The number of carbonyl (C=O) groups excluding carboxylic acids is 1. The summed E-state index contributed by atoms with van der Waals surface area (Å²) in [6, 6.07) is -0.0526. The molecule has 0 unspecified atom stereocenters. The molecular weight excluding hydrogens is 223 g/mol. The fourth-order valence-corrected chi connectivity index (χ4v) is 1.64. The van der Waals surface area contributed by atoms with Crippen molar-refractivity contribution in [3.63, 3.8) is 0 Å². The number of nitrogens with zero attached hydrogens (tertiary/aromatic N) is 1. The van der Waals surface area contributed by atoms with Crippen LogP contribution in [0.3, 0.4) is 0 Å². The van der Waals surface area contributed by atoms with Crippen molar-refractivity contribution in [2.24, 2.45) is 5.92 Å². The minimum atomic E-state index is -0.525. The Bertz CT molecular complexity index is 191. The van der Waals surface area contributed by atoms with Crippen molar-refractivity contribution in [1.29, 1.82) is 0 Å². The van der Waals surface area contributed by atoms with E-state index in [9.17, 15) is 4.79 Å². The van der Waals surface area contributed by atoms with E-state index in [-0.39, 0.29) is 6.03 Å². The van der Waals surface area contributed by atoms with Crippen LogP contribution in [-0.4, -0.2) is 35.4 Å². The molecule has 1 aliphatic rings. The number of likely N-dealkylation sites (tertiary alicyclic amines) is 1. The number of carbonyl (C=O) groups is 1. The van der Waals surface area contributed by atoms with E-state index < -0.39 is 4.84 Å². The maximum absolute atomic E-state index is 11.5. The molecule has 5 heteroatoms. The molecule has 2 amide bonds. The second-order valence-corrected chi connectivity index (χ2v) is 5.02. The summed E-state index contributed by atoms with van der Waals surface area (Å²) in [7, 11) is 0. The zero-order valence-corrected chi connectivity index (χ0v) is 9.81. The lowest BCUT2D eigenvalue weighted by Crippen LogP contribution is -2.45. The zero-order valence-electron chi connectivity index (χ0n) is 8.30. The first-order valence-electron chi connectivity index (χ1n) is 4.90. The Labute approximate surface area is 94.7 Å². The standard InChI is InChI=1S/C9H16Cl2N2O/c1-7-2-4-13(5-3-7)9(14)12-6-8(10)11/h7-8H,2-6H2,1H3,(H,12,14). The van der Waals surface area contributed by atoms with Crippen LogP contribution in [0.15, 0.2) is 0 Å². The molecule has 0 saturated carbocycles. The van der Waals surface area contributed by atoms with Gasteiger partial charge in [0.25, 0.3) is 0 Å². The summed E-state index contributed by atoms with van der Waals surface area (Å²) < 4.78 is 0. The SMILES string of the molecule is CC1CCN(C(=O)NCC(Cl)Cl)CC1. The molecule has 1 heterocycles. The Morgan fingerprint density at radius 3 is 2.57 bits per heavy atom. The number of hydrogen-bond acceptors (Lipinski definition) is 1. The van der Waals surface area contributed by atoms with Gasteiger partial charge in [0.2, 0.25) is 0 Å². The molecule has 14 heavy (non-hydrogen) atoms. The minimum Gasteiger partial charge on any atom is -0.335 e. The highest BCUT2D eigenvalue weighted by Crippen LogP contribution is 2.15.